The van der Waals surface area contributed by atoms with Crippen molar-refractivity contribution in [3.8, 4) is 0 Å². The Bertz CT molecular complexity index is 519. The van der Waals surface area contributed by atoms with E-state index in [1.807, 2.05) is 7.05 Å². The van der Waals surface area contributed by atoms with E-state index in [2.05, 4.69) is 0 Å². The first-order valence-corrected chi connectivity index (χ1v) is 11.3. The highest BCUT2D eigenvalue weighted by Gasteiger charge is 2.47. The molecule has 1 saturated carbocycles. The maximum absolute atomic E-state index is 12.3. The molecule has 3 rings (SSSR count). The van der Waals surface area contributed by atoms with Crippen molar-refractivity contribution in [1.82, 2.24) is 4.90 Å². The molecule has 0 aromatic heterocycles. The number of carbonyl (C=O) groups is 2. The van der Waals surface area contributed by atoms with E-state index in [1.165, 1.54) is 12.8 Å². The monoisotopic (exact) mass is 395 g/mol. The van der Waals surface area contributed by atoms with Crippen molar-refractivity contribution < 1.29 is 24.2 Å². The SMILES string of the molecule is CN(C(=O)OCC[C@@H]1[C@@H](CCCCCCC(=O)O)[C@@H]2CC[C@H]1O2)C1CCCC1. The zero-order valence-corrected chi connectivity index (χ0v) is 17.3. The van der Waals surface area contributed by atoms with Crippen molar-refractivity contribution in [2.75, 3.05) is 13.7 Å². The number of fused-ring (bicyclic) bond motifs is 2. The lowest BCUT2D eigenvalue weighted by molar-refractivity contribution is -0.137. The first kappa shape index (κ1) is 21.4. The molecule has 0 spiro atoms. The molecule has 160 valence electrons. The number of ether oxygens (including phenoxy) is 2. The summed E-state index contributed by atoms with van der Waals surface area (Å²) in [6.45, 7) is 0.488. The standard InChI is InChI=1S/C22H37NO5/c1-23(16-8-6-7-9-16)22(26)27-15-14-18-17(19-12-13-20(18)28-19)10-4-2-3-5-11-21(24)25/h16-20H,2-15H2,1H3,(H,24,25)/t17-,18-,19+,20-/m1/s1. The van der Waals surface area contributed by atoms with Crippen LogP contribution in [0, 0.1) is 11.8 Å². The Morgan fingerprint density at radius 2 is 1.61 bits per heavy atom. The predicted molar refractivity (Wildman–Crippen MR) is 106 cm³/mol. The summed E-state index contributed by atoms with van der Waals surface area (Å²) in [5.41, 5.74) is 0. The predicted octanol–water partition coefficient (Wildman–Crippen LogP) is 4.61. The molecule has 0 radical (unpaired) electrons. The average Bonchev–Trinajstić information content (AvgIpc) is 3.41. The molecule has 1 N–H and O–H groups in total. The molecule has 4 atom stereocenters. The third-order valence-electron chi connectivity index (χ3n) is 7.11. The van der Waals surface area contributed by atoms with Gasteiger partial charge < -0.3 is 19.5 Å². The smallest absolute Gasteiger partial charge is 0.409 e. The highest BCUT2D eigenvalue weighted by atomic mass is 16.6. The van der Waals surface area contributed by atoms with E-state index in [9.17, 15) is 9.59 Å². The number of nitrogens with zero attached hydrogens (tertiary/aromatic N) is 1. The second-order valence-corrected chi connectivity index (χ2v) is 8.92. The third kappa shape index (κ3) is 5.62. The molecule has 2 heterocycles. The Kier molecular flexibility index (Phi) is 8.00. The molecule has 3 aliphatic rings. The molecule has 0 aromatic carbocycles. The van der Waals surface area contributed by atoms with Gasteiger partial charge in [0.2, 0.25) is 0 Å². The molecule has 0 aromatic rings. The Hall–Kier alpha value is -1.30. The minimum Gasteiger partial charge on any atom is -0.481 e. The normalized spacial score (nSPS) is 29.3. The third-order valence-corrected chi connectivity index (χ3v) is 7.11. The van der Waals surface area contributed by atoms with E-state index in [0.717, 1.165) is 64.2 Å². The summed E-state index contributed by atoms with van der Waals surface area (Å²) in [7, 11) is 1.87. The number of aliphatic carboxylic acids is 1. The van der Waals surface area contributed by atoms with Crippen LogP contribution in [-0.2, 0) is 14.3 Å². The van der Waals surface area contributed by atoms with Gasteiger partial charge in [-0.15, -0.1) is 0 Å². The fourth-order valence-electron chi connectivity index (χ4n) is 5.51. The zero-order chi connectivity index (χ0) is 19.9. The maximum atomic E-state index is 12.3. The van der Waals surface area contributed by atoms with Crippen LogP contribution in [0.4, 0.5) is 4.79 Å². The Morgan fingerprint density at radius 3 is 2.29 bits per heavy atom. The molecule has 1 amide bonds. The Morgan fingerprint density at radius 1 is 0.964 bits per heavy atom. The molecule has 3 fully saturated rings. The highest BCUT2D eigenvalue weighted by Crippen LogP contribution is 2.47. The molecule has 28 heavy (non-hydrogen) atoms. The van der Waals surface area contributed by atoms with Gasteiger partial charge >= 0.3 is 12.1 Å². The molecular weight excluding hydrogens is 358 g/mol. The maximum Gasteiger partial charge on any atom is 0.409 e. The Labute approximate surface area is 168 Å². The summed E-state index contributed by atoms with van der Waals surface area (Å²) in [5.74, 6) is 0.376. The quantitative estimate of drug-likeness (QED) is 0.517. The summed E-state index contributed by atoms with van der Waals surface area (Å²) >= 11 is 0. The first-order valence-electron chi connectivity index (χ1n) is 11.3. The van der Waals surface area contributed by atoms with E-state index >= 15 is 0 Å². The summed E-state index contributed by atoms with van der Waals surface area (Å²) in [4.78, 5) is 24.7. The fourth-order valence-corrected chi connectivity index (χ4v) is 5.51. The van der Waals surface area contributed by atoms with Gasteiger partial charge in [-0.25, -0.2) is 4.79 Å². The molecule has 6 heteroatoms. The molecule has 0 unspecified atom stereocenters. The molecule has 2 bridgehead atoms. The second-order valence-electron chi connectivity index (χ2n) is 8.92. The van der Waals surface area contributed by atoms with Gasteiger partial charge in [0.1, 0.15) is 0 Å². The largest absolute Gasteiger partial charge is 0.481 e. The van der Waals surface area contributed by atoms with Crippen molar-refractivity contribution in [1.29, 1.82) is 0 Å². The lowest BCUT2D eigenvalue weighted by atomic mass is 9.75. The number of carbonyl (C=O) groups excluding carboxylic acids is 1. The zero-order valence-electron chi connectivity index (χ0n) is 17.3. The molecule has 2 aliphatic heterocycles. The fraction of sp³-hybridized carbons (Fsp3) is 0.909. The van der Waals surface area contributed by atoms with Crippen LogP contribution in [-0.4, -0.2) is 54.0 Å². The van der Waals surface area contributed by atoms with Crippen molar-refractivity contribution in [2.24, 2.45) is 11.8 Å². The van der Waals surface area contributed by atoms with Gasteiger partial charge in [-0.05, 0) is 56.8 Å². The molecule has 2 saturated heterocycles. The van der Waals surface area contributed by atoms with E-state index in [4.69, 9.17) is 14.6 Å². The van der Waals surface area contributed by atoms with E-state index in [-0.39, 0.29) is 12.5 Å². The van der Waals surface area contributed by atoms with Gasteiger partial charge in [-0.3, -0.25) is 4.79 Å². The topological polar surface area (TPSA) is 76.1 Å². The van der Waals surface area contributed by atoms with E-state index < -0.39 is 5.97 Å². The number of carboxylic acid groups (broad SMARTS) is 1. The summed E-state index contributed by atoms with van der Waals surface area (Å²) in [6.07, 6.45) is 13.8. The lowest BCUT2D eigenvalue weighted by Crippen LogP contribution is -2.36. The number of hydrogen-bond acceptors (Lipinski definition) is 4. The van der Waals surface area contributed by atoms with Crippen molar-refractivity contribution >= 4 is 12.1 Å². The van der Waals surface area contributed by atoms with Crippen molar-refractivity contribution in [3.63, 3.8) is 0 Å². The number of amides is 1. The van der Waals surface area contributed by atoms with Crippen LogP contribution in [0.2, 0.25) is 0 Å². The lowest BCUT2D eigenvalue weighted by Gasteiger charge is -2.28. The number of carboxylic acids is 1. The Balaban J connectivity index is 1.35. The van der Waals surface area contributed by atoms with Gasteiger partial charge in [0.15, 0.2) is 0 Å². The van der Waals surface area contributed by atoms with Crippen LogP contribution in [0.1, 0.15) is 83.5 Å². The van der Waals surface area contributed by atoms with Gasteiger partial charge in [0.25, 0.3) is 0 Å². The van der Waals surface area contributed by atoms with Crippen LogP contribution in [0.5, 0.6) is 0 Å². The summed E-state index contributed by atoms with van der Waals surface area (Å²) in [5, 5.41) is 8.71. The molecule has 6 nitrogen and oxygen atoms in total. The van der Waals surface area contributed by atoms with Gasteiger partial charge in [0.05, 0.1) is 18.8 Å². The van der Waals surface area contributed by atoms with Crippen LogP contribution >= 0.6 is 0 Å². The summed E-state index contributed by atoms with van der Waals surface area (Å²) in [6, 6.07) is 0.354. The summed E-state index contributed by atoms with van der Waals surface area (Å²) < 4.78 is 11.8. The van der Waals surface area contributed by atoms with Crippen LogP contribution in [0.3, 0.4) is 0 Å². The molecular formula is C22H37NO5. The first-order chi connectivity index (χ1) is 13.6. The van der Waals surface area contributed by atoms with Gasteiger partial charge in [-0.1, -0.05) is 32.1 Å². The van der Waals surface area contributed by atoms with Crippen molar-refractivity contribution in [2.45, 2.75) is 102 Å². The second kappa shape index (κ2) is 10.5. The minimum atomic E-state index is -0.699. The number of unbranched alkanes of at least 4 members (excludes halogenated alkanes) is 3. The highest BCUT2D eigenvalue weighted by molar-refractivity contribution is 5.67. The van der Waals surface area contributed by atoms with Crippen molar-refractivity contribution in [3.05, 3.63) is 0 Å². The van der Waals surface area contributed by atoms with Crippen LogP contribution in [0.15, 0.2) is 0 Å². The van der Waals surface area contributed by atoms with E-state index in [0.29, 0.717) is 36.7 Å². The van der Waals surface area contributed by atoms with E-state index in [1.54, 1.807) is 4.90 Å². The number of rotatable bonds is 11. The number of hydrogen-bond donors (Lipinski definition) is 1. The average molecular weight is 396 g/mol. The van der Waals surface area contributed by atoms with Gasteiger partial charge in [-0.2, -0.15) is 0 Å². The minimum absolute atomic E-state index is 0.175. The van der Waals surface area contributed by atoms with Crippen LogP contribution < -0.4 is 0 Å². The van der Waals surface area contributed by atoms with Crippen LogP contribution in [0.25, 0.3) is 0 Å². The molecule has 1 aliphatic carbocycles. The van der Waals surface area contributed by atoms with Gasteiger partial charge in [0, 0.05) is 19.5 Å².